The molecule has 1 fully saturated rings. The zero-order valence-electron chi connectivity index (χ0n) is 15.7. The first-order chi connectivity index (χ1) is 10.3. The van der Waals surface area contributed by atoms with Crippen LogP contribution in [0, 0.1) is 0 Å². The van der Waals surface area contributed by atoms with Crippen LogP contribution in [0.25, 0.3) is 0 Å². The van der Waals surface area contributed by atoms with Crippen molar-refractivity contribution in [3.05, 3.63) is 12.2 Å². The Morgan fingerprint density at radius 2 is 1.87 bits per heavy atom. The third kappa shape index (κ3) is 4.28. The van der Waals surface area contributed by atoms with Gasteiger partial charge in [-0.2, -0.15) is 0 Å². The molecule has 0 aromatic rings. The van der Waals surface area contributed by atoms with E-state index in [1.807, 2.05) is 7.85 Å². The molecule has 1 aliphatic carbocycles. The van der Waals surface area contributed by atoms with Gasteiger partial charge in [0.2, 0.25) is 0 Å². The van der Waals surface area contributed by atoms with Crippen molar-refractivity contribution in [3.63, 3.8) is 0 Å². The maximum atomic E-state index is 10.5. The Labute approximate surface area is 144 Å². The van der Waals surface area contributed by atoms with E-state index >= 15 is 0 Å². The molecule has 0 aromatic heterocycles. The molecule has 0 radical (unpaired) electrons. The van der Waals surface area contributed by atoms with Gasteiger partial charge >= 0.3 is 0 Å². The minimum absolute atomic E-state index is 0.190. The van der Waals surface area contributed by atoms with Gasteiger partial charge in [0.05, 0.1) is 10.9 Å². The quantitative estimate of drug-likeness (QED) is 0.416. The lowest BCUT2D eigenvalue weighted by atomic mass is 9.74. The topological polar surface area (TPSA) is 49.7 Å². The maximum Gasteiger partial charge on any atom is 0.114 e. The van der Waals surface area contributed by atoms with Crippen LogP contribution < -0.4 is 0 Å². The van der Waals surface area contributed by atoms with Crippen molar-refractivity contribution in [2.45, 2.75) is 63.6 Å². The fourth-order valence-corrected chi connectivity index (χ4v) is 10.3. The highest BCUT2D eigenvalue weighted by Crippen LogP contribution is 2.57. The molecule has 6 heteroatoms. The van der Waals surface area contributed by atoms with E-state index in [4.69, 9.17) is 4.74 Å². The summed E-state index contributed by atoms with van der Waals surface area (Å²) in [5, 5.41) is 20.5. The van der Waals surface area contributed by atoms with Gasteiger partial charge < -0.3 is 14.9 Å². The van der Waals surface area contributed by atoms with Gasteiger partial charge in [0.15, 0.2) is 0 Å². The summed E-state index contributed by atoms with van der Waals surface area (Å²) in [5.74, 6) is 0.878. The van der Waals surface area contributed by atoms with Gasteiger partial charge in [-0.1, -0.05) is 28.0 Å². The lowest BCUT2D eigenvalue weighted by molar-refractivity contribution is -0.111. The average molecular weight is 360 g/mol. The minimum atomic E-state index is -1.19. The molecule has 0 saturated heterocycles. The normalized spacial score (nSPS) is 33.9. The summed E-state index contributed by atoms with van der Waals surface area (Å²) in [7, 11) is 0.834. The molecule has 5 atom stereocenters. The fourth-order valence-electron chi connectivity index (χ4n) is 2.97. The molecule has 0 aromatic carbocycles. The van der Waals surface area contributed by atoms with Gasteiger partial charge in [-0.05, 0) is 50.4 Å². The number of ether oxygens (including phenoxy) is 1. The maximum absolute atomic E-state index is 10.5. The number of hydrogen-bond donors (Lipinski definition) is 2. The standard InChI is InChI=1S/C17H35BO3P2/c1-9-23(8,10-2)11-22(7)16(4,5)21-13-12(3)14(18)17(6,20)15(13)19/h13-15,19-20,22H,3,7-11,18H2,1-2,4-6H3/t13-,14+,15+,17-/m0/s1. The third-order valence-corrected chi connectivity index (χ3v) is 14.5. The molecule has 0 bridgehead atoms. The summed E-state index contributed by atoms with van der Waals surface area (Å²) in [4.78, 5) is 0. The molecular formula is C17H35BO3P2. The Hall–Kier alpha value is 0.285. The Balaban J connectivity index is 2.92. The van der Waals surface area contributed by atoms with Crippen molar-refractivity contribution in [1.82, 2.24) is 0 Å². The SMILES string of the molecule is B[C@@H]1C(=C)[C@H](OC(C)(C)[PH](=C)CP(=C)(CC)CC)[C@@H](O)[C@@]1(C)O. The molecule has 3 nitrogen and oxygen atoms in total. The number of aliphatic hydroxyl groups is 2. The van der Waals surface area contributed by atoms with Crippen molar-refractivity contribution in [2.75, 3.05) is 18.2 Å². The van der Waals surface area contributed by atoms with Crippen LogP contribution in [0.2, 0.25) is 5.82 Å². The molecule has 0 aliphatic heterocycles. The summed E-state index contributed by atoms with van der Waals surface area (Å²) in [6.07, 6.45) is 9.71. The second-order valence-corrected chi connectivity index (χ2v) is 15.4. The third-order valence-electron chi connectivity index (χ3n) is 5.82. The number of rotatable bonds is 7. The van der Waals surface area contributed by atoms with Gasteiger partial charge in [-0.25, -0.2) is 0 Å². The van der Waals surface area contributed by atoms with Crippen LogP contribution in [0.15, 0.2) is 12.2 Å². The minimum Gasteiger partial charge on any atom is -0.387 e. The van der Waals surface area contributed by atoms with Crippen LogP contribution >= 0.6 is 14.4 Å². The molecule has 2 N–H and O–H groups in total. The van der Waals surface area contributed by atoms with E-state index in [1.165, 1.54) is 0 Å². The van der Waals surface area contributed by atoms with Crippen molar-refractivity contribution in [3.8, 4) is 0 Å². The summed E-state index contributed by atoms with van der Waals surface area (Å²) in [6.45, 7) is 13.1. The summed E-state index contributed by atoms with van der Waals surface area (Å²) >= 11 is 0. The van der Waals surface area contributed by atoms with Crippen LogP contribution in [0.1, 0.15) is 34.6 Å². The zero-order valence-corrected chi connectivity index (χ0v) is 17.6. The van der Waals surface area contributed by atoms with Gasteiger partial charge in [0.25, 0.3) is 0 Å². The van der Waals surface area contributed by atoms with Gasteiger partial charge in [0.1, 0.15) is 20.1 Å². The van der Waals surface area contributed by atoms with Crippen LogP contribution in [-0.4, -0.2) is 72.0 Å². The highest BCUT2D eigenvalue weighted by Gasteiger charge is 2.52. The van der Waals surface area contributed by atoms with E-state index in [0.717, 1.165) is 23.8 Å². The summed E-state index contributed by atoms with van der Waals surface area (Å²) in [6, 6.07) is 0. The van der Waals surface area contributed by atoms with Crippen LogP contribution in [0.5, 0.6) is 0 Å². The Kier molecular flexibility index (Phi) is 6.73. The highest BCUT2D eigenvalue weighted by molar-refractivity contribution is 7.83. The monoisotopic (exact) mass is 360 g/mol. The van der Waals surface area contributed by atoms with Gasteiger partial charge in [0, 0.05) is 0 Å². The molecule has 1 saturated carbocycles. The van der Waals surface area contributed by atoms with Crippen LogP contribution in [-0.2, 0) is 4.74 Å². The van der Waals surface area contributed by atoms with E-state index in [9.17, 15) is 10.2 Å². The first-order valence-electron chi connectivity index (χ1n) is 8.48. The fraction of sp³-hybridized carbons (Fsp3) is 0.765. The molecule has 1 rings (SSSR count). The Morgan fingerprint density at radius 1 is 1.39 bits per heavy atom. The molecule has 134 valence electrons. The first-order valence-corrected chi connectivity index (χ1v) is 12.9. The molecule has 0 amide bonds. The van der Waals surface area contributed by atoms with Crippen LogP contribution in [0.4, 0.5) is 0 Å². The van der Waals surface area contributed by atoms with Crippen LogP contribution in [0.3, 0.4) is 0 Å². The number of hydrogen-bond acceptors (Lipinski definition) is 3. The van der Waals surface area contributed by atoms with E-state index in [0.29, 0.717) is 0 Å². The molecule has 0 heterocycles. The zero-order chi connectivity index (χ0) is 18.2. The average Bonchev–Trinajstić information content (AvgIpc) is 2.62. The van der Waals surface area contributed by atoms with Crippen molar-refractivity contribution < 1.29 is 14.9 Å². The second-order valence-electron chi connectivity index (χ2n) is 7.75. The summed E-state index contributed by atoms with van der Waals surface area (Å²) < 4.78 is 6.29. The smallest absolute Gasteiger partial charge is 0.114 e. The second kappa shape index (κ2) is 7.26. The van der Waals surface area contributed by atoms with Crippen molar-refractivity contribution in [2.24, 2.45) is 0 Å². The number of aliphatic hydroxyl groups excluding tert-OH is 1. The predicted octanol–water partition coefficient (Wildman–Crippen LogP) is 2.30. The molecule has 0 spiro atoms. The van der Waals surface area contributed by atoms with E-state index < -0.39 is 37.6 Å². The van der Waals surface area contributed by atoms with Gasteiger partial charge in [-0.3, -0.25) is 0 Å². The first kappa shape index (κ1) is 21.3. The van der Waals surface area contributed by atoms with Gasteiger partial charge in [-0.15, -0.1) is 19.5 Å². The highest BCUT2D eigenvalue weighted by atomic mass is 31.2. The Bertz CT molecular complexity index is 520. The van der Waals surface area contributed by atoms with E-state index in [1.54, 1.807) is 6.92 Å². The Morgan fingerprint density at radius 3 is 2.22 bits per heavy atom. The molecule has 23 heavy (non-hydrogen) atoms. The van der Waals surface area contributed by atoms with Crippen molar-refractivity contribution in [1.29, 1.82) is 0 Å². The molecule has 1 aliphatic rings. The molecular weight excluding hydrogens is 325 g/mol. The molecule has 1 unspecified atom stereocenters. The lowest BCUT2D eigenvalue weighted by Gasteiger charge is -2.37. The largest absolute Gasteiger partial charge is 0.387 e. The summed E-state index contributed by atoms with van der Waals surface area (Å²) in [5.41, 5.74) is -0.422. The predicted molar refractivity (Wildman–Crippen MR) is 112 cm³/mol. The lowest BCUT2D eigenvalue weighted by Crippen LogP contribution is -2.44. The van der Waals surface area contributed by atoms with E-state index in [2.05, 4.69) is 46.9 Å². The van der Waals surface area contributed by atoms with E-state index in [-0.39, 0.29) is 5.82 Å². The van der Waals surface area contributed by atoms with Crippen molar-refractivity contribution >= 4 is 34.9 Å².